The SMILES string of the molecule is CC(C)CN1C(=O)C(=O)N(CC(=O)NC(C)(C)C)C1=O. The van der Waals surface area contributed by atoms with Gasteiger partial charge in [0.15, 0.2) is 0 Å². The second-order valence-electron chi connectivity index (χ2n) is 6.28. The number of carbonyl (C=O) groups is 4. The summed E-state index contributed by atoms with van der Waals surface area (Å²) in [5.74, 6) is -2.23. The molecule has 1 rings (SSSR count). The molecule has 7 heteroatoms. The second-order valence-corrected chi connectivity index (χ2v) is 6.28. The van der Waals surface area contributed by atoms with E-state index in [4.69, 9.17) is 0 Å². The fourth-order valence-electron chi connectivity index (χ4n) is 1.82. The molecule has 5 amide bonds. The molecule has 0 aromatic heterocycles. The van der Waals surface area contributed by atoms with Crippen LogP contribution in [0, 0.1) is 5.92 Å². The summed E-state index contributed by atoms with van der Waals surface area (Å²) in [6, 6.07) is -0.724. The molecular weight excluding hydrogens is 262 g/mol. The molecule has 0 bridgehead atoms. The molecule has 0 saturated carbocycles. The van der Waals surface area contributed by atoms with E-state index in [1.807, 2.05) is 13.8 Å². The van der Waals surface area contributed by atoms with Crippen LogP contribution in [0.3, 0.4) is 0 Å². The zero-order valence-corrected chi connectivity index (χ0v) is 12.5. The molecule has 0 unspecified atom stereocenters. The third kappa shape index (κ3) is 3.79. The lowest BCUT2D eigenvalue weighted by molar-refractivity contribution is -0.144. The summed E-state index contributed by atoms with van der Waals surface area (Å²) < 4.78 is 0. The average molecular weight is 283 g/mol. The van der Waals surface area contributed by atoms with Gasteiger partial charge in [0.2, 0.25) is 5.91 Å². The lowest BCUT2D eigenvalue weighted by atomic mass is 10.1. The number of nitrogens with one attached hydrogen (secondary N) is 1. The third-order valence-electron chi connectivity index (χ3n) is 2.50. The Hall–Kier alpha value is -1.92. The molecule has 1 N–H and O–H groups in total. The maximum absolute atomic E-state index is 12.0. The van der Waals surface area contributed by atoms with Crippen molar-refractivity contribution in [3.05, 3.63) is 0 Å². The van der Waals surface area contributed by atoms with Crippen LogP contribution in [0.2, 0.25) is 0 Å². The van der Waals surface area contributed by atoms with E-state index < -0.39 is 35.8 Å². The van der Waals surface area contributed by atoms with Crippen LogP contribution in [-0.4, -0.2) is 52.2 Å². The first kappa shape index (κ1) is 16.1. The Morgan fingerprint density at radius 3 is 2.05 bits per heavy atom. The lowest BCUT2D eigenvalue weighted by Gasteiger charge is -2.22. The first-order valence-corrected chi connectivity index (χ1v) is 6.51. The maximum atomic E-state index is 12.0. The van der Waals surface area contributed by atoms with Gasteiger partial charge in [-0.05, 0) is 26.7 Å². The van der Waals surface area contributed by atoms with Gasteiger partial charge in [-0.1, -0.05) is 13.8 Å². The molecule has 0 aromatic carbocycles. The molecule has 20 heavy (non-hydrogen) atoms. The second kappa shape index (κ2) is 5.60. The van der Waals surface area contributed by atoms with Crippen molar-refractivity contribution in [1.29, 1.82) is 0 Å². The van der Waals surface area contributed by atoms with E-state index in [9.17, 15) is 19.2 Å². The number of nitrogens with zero attached hydrogens (tertiary/aromatic N) is 2. The molecular formula is C13H21N3O4. The number of carbonyl (C=O) groups excluding carboxylic acids is 4. The normalized spacial score (nSPS) is 16.4. The van der Waals surface area contributed by atoms with Gasteiger partial charge in [-0.3, -0.25) is 19.3 Å². The Morgan fingerprint density at radius 1 is 1.10 bits per heavy atom. The molecule has 0 aromatic rings. The van der Waals surface area contributed by atoms with Crippen molar-refractivity contribution in [2.45, 2.75) is 40.2 Å². The van der Waals surface area contributed by atoms with Crippen molar-refractivity contribution >= 4 is 23.8 Å². The first-order valence-electron chi connectivity index (χ1n) is 6.51. The lowest BCUT2D eigenvalue weighted by Crippen LogP contribution is -2.47. The Kier molecular flexibility index (Phi) is 4.52. The largest absolute Gasteiger partial charge is 0.350 e. The fourth-order valence-corrected chi connectivity index (χ4v) is 1.82. The summed E-state index contributed by atoms with van der Waals surface area (Å²) >= 11 is 0. The van der Waals surface area contributed by atoms with Gasteiger partial charge in [0, 0.05) is 12.1 Å². The van der Waals surface area contributed by atoms with E-state index in [-0.39, 0.29) is 12.5 Å². The standard InChI is InChI=1S/C13H21N3O4/c1-8(2)6-15-10(18)11(19)16(12(15)20)7-9(17)14-13(3,4)5/h8H,6-7H2,1-5H3,(H,14,17). The van der Waals surface area contributed by atoms with E-state index >= 15 is 0 Å². The number of urea groups is 1. The minimum atomic E-state index is -0.945. The zero-order valence-electron chi connectivity index (χ0n) is 12.5. The monoisotopic (exact) mass is 283 g/mol. The van der Waals surface area contributed by atoms with Crippen LogP contribution in [0.15, 0.2) is 0 Å². The van der Waals surface area contributed by atoms with E-state index in [2.05, 4.69) is 5.32 Å². The van der Waals surface area contributed by atoms with Crippen LogP contribution in [-0.2, 0) is 14.4 Å². The molecule has 0 aliphatic carbocycles. The molecule has 1 aliphatic heterocycles. The van der Waals surface area contributed by atoms with E-state index in [0.29, 0.717) is 4.90 Å². The van der Waals surface area contributed by atoms with Crippen LogP contribution in [0.1, 0.15) is 34.6 Å². The highest BCUT2D eigenvalue weighted by Gasteiger charge is 2.45. The summed E-state index contributed by atoms with van der Waals surface area (Å²) in [7, 11) is 0. The topological polar surface area (TPSA) is 86.8 Å². The molecule has 7 nitrogen and oxygen atoms in total. The minimum absolute atomic E-state index is 0.0547. The van der Waals surface area contributed by atoms with E-state index in [0.717, 1.165) is 4.90 Å². The maximum Gasteiger partial charge on any atom is 0.334 e. The Bertz CT molecular complexity index is 451. The fraction of sp³-hybridized carbons (Fsp3) is 0.692. The predicted octanol–water partition coefficient (Wildman–Crippen LogP) is 0.348. The van der Waals surface area contributed by atoms with Gasteiger partial charge >= 0.3 is 17.8 Å². The quantitative estimate of drug-likeness (QED) is 0.595. The molecule has 112 valence electrons. The van der Waals surface area contributed by atoms with Crippen molar-refractivity contribution in [2.24, 2.45) is 5.92 Å². The van der Waals surface area contributed by atoms with Crippen molar-refractivity contribution in [3.8, 4) is 0 Å². The van der Waals surface area contributed by atoms with E-state index in [1.54, 1.807) is 20.8 Å². The van der Waals surface area contributed by atoms with E-state index in [1.165, 1.54) is 0 Å². The van der Waals surface area contributed by atoms with Gasteiger partial charge in [0.1, 0.15) is 6.54 Å². The van der Waals surface area contributed by atoms with Crippen LogP contribution in [0.4, 0.5) is 4.79 Å². The Balaban J connectivity index is 2.77. The summed E-state index contributed by atoms with van der Waals surface area (Å²) in [4.78, 5) is 48.8. The summed E-state index contributed by atoms with van der Waals surface area (Å²) in [6.45, 7) is 8.76. The van der Waals surface area contributed by atoms with Crippen LogP contribution >= 0.6 is 0 Å². The molecule has 1 aliphatic rings. The number of hydrogen-bond donors (Lipinski definition) is 1. The number of hydrogen-bond acceptors (Lipinski definition) is 4. The van der Waals surface area contributed by atoms with Crippen molar-refractivity contribution in [1.82, 2.24) is 15.1 Å². The van der Waals surface area contributed by atoms with Crippen LogP contribution < -0.4 is 5.32 Å². The van der Waals surface area contributed by atoms with Gasteiger partial charge in [0.25, 0.3) is 0 Å². The summed E-state index contributed by atoms with van der Waals surface area (Å²) in [5, 5.41) is 2.64. The molecule has 0 spiro atoms. The molecule has 0 atom stereocenters. The third-order valence-corrected chi connectivity index (χ3v) is 2.50. The highest BCUT2D eigenvalue weighted by Crippen LogP contribution is 2.14. The Morgan fingerprint density at radius 2 is 1.60 bits per heavy atom. The number of amides is 5. The number of imide groups is 2. The van der Waals surface area contributed by atoms with Crippen LogP contribution in [0.5, 0.6) is 0 Å². The highest BCUT2D eigenvalue weighted by atomic mass is 16.2. The van der Waals surface area contributed by atoms with Crippen molar-refractivity contribution in [3.63, 3.8) is 0 Å². The smallest absolute Gasteiger partial charge is 0.334 e. The summed E-state index contributed by atoms with van der Waals surface area (Å²) in [5.41, 5.74) is -0.468. The molecule has 1 fully saturated rings. The zero-order chi connectivity index (χ0) is 15.7. The number of rotatable bonds is 4. The molecule has 1 saturated heterocycles. The average Bonchev–Trinajstić information content (AvgIpc) is 2.43. The van der Waals surface area contributed by atoms with Gasteiger partial charge in [-0.2, -0.15) is 0 Å². The van der Waals surface area contributed by atoms with Gasteiger partial charge < -0.3 is 5.32 Å². The van der Waals surface area contributed by atoms with Gasteiger partial charge in [-0.15, -0.1) is 0 Å². The predicted molar refractivity (Wildman–Crippen MR) is 71.6 cm³/mol. The van der Waals surface area contributed by atoms with Crippen molar-refractivity contribution in [2.75, 3.05) is 13.1 Å². The molecule has 1 heterocycles. The van der Waals surface area contributed by atoms with Gasteiger partial charge in [0.05, 0.1) is 0 Å². The highest BCUT2D eigenvalue weighted by molar-refractivity contribution is 6.45. The van der Waals surface area contributed by atoms with Crippen molar-refractivity contribution < 1.29 is 19.2 Å². The Labute approximate surface area is 118 Å². The summed E-state index contributed by atoms with van der Waals surface area (Å²) in [6.07, 6.45) is 0. The van der Waals surface area contributed by atoms with Crippen LogP contribution in [0.25, 0.3) is 0 Å². The van der Waals surface area contributed by atoms with Gasteiger partial charge in [-0.25, -0.2) is 9.69 Å². The molecule has 0 radical (unpaired) electrons. The minimum Gasteiger partial charge on any atom is -0.350 e. The first-order chi connectivity index (χ1) is 9.03.